The van der Waals surface area contributed by atoms with E-state index in [1.807, 2.05) is 87.6 Å². The highest BCUT2D eigenvalue weighted by Gasteiger charge is 2.33. The number of amides is 1. The molecule has 0 spiro atoms. The summed E-state index contributed by atoms with van der Waals surface area (Å²) in [6.45, 7) is 8.95. The molecular formula is C34H35N3O5. The van der Waals surface area contributed by atoms with Crippen LogP contribution in [0.15, 0.2) is 78.7 Å². The zero-order chi connectivity index (χ0) is 29.3. The third kappa shape index (κ3) is 5.90. The topological polar surface area (TPSA) is 84.1 Å². The second-order valence-corrected chi connectivity index (χ2v) is 11.7. The van der Waals surface area contributed by atoms with Gasteiger partial charge >= 0.3 is 6.09 Å². The van der Waals surface area contributed by atoms with Crippen LogP contribution in [0.3, 0.4) is 0 Å². The molecule has 3 heterocycles. The van der Waals surface area contributed by atoms with E-state index in [1.54, 1.807) is 17.0 Å². The van der Waals surface area contributed by atoms with Crippen LogP contribution in [0.25, 0.3) is 17.0 Å². The molecule has 4 aromatic rings. The Hall–Kier alpha value is -4.56. The van der Waals surface area contributed by atoms with Gasteiger partial charge in [-0.2, -0.15) is 0 Å². The molecule has 1 amide bonds. The molecule has 0 aliphatic carbocycles. The monoisotopic (exact) mass is 565 g/mol. The summed E-state index contributed by atoms with van der Waals surface area (Å²) in [7, 11) is 0. The van der Waals surface area contributed by atoms with Crippen molar-refractivity contribution in [3.63, 3.8) is 0 Å². The second kappa shape index (κ2) is 11.4. The van der Waals surface area contributed by atoms with Crippen molar-refractivity contribution >= 4 is 28.9 Å². The molecule has 0 saturated carbocycles. The van der Waals surface area contributed by atoms with Crippen LogP contribution in [0.1, 0.15) is 47.8 Å². The van der Waals surface area contributed by atoms with Crippen LogP contribution in [0.5, 0.6) is 11.5 Å². The summed E-state index contributed by atoms with van der Waals surface area (Å²) in [4.78, 5) is 33.3. The Bertz CT molecular complexity index is 1640. The molecule has 42 heavy (non-hydrogen) atoms. The van der Waals surface area contributed by atoms with Crippen molar-refractivity contribution in [3.05, 3.63) is 101 Å². The first kappa shape index (κ1) is 27.6. The molecule has 1 N–H and O–H groups in total. The first-order chi connectivity index (χ1) is 20.2. The number of Topliss-reactive ketones (excluding diaryl/α,β-unsaturated/α-hetero) is 1. The first-order valence-electron chi connectivity index (χ1n) is 14.3. The normalized spacial score (nSPS) is 16.5. The number of nitrogens with zero attached hydrogens (tertiary/aromatic N) is 2. The van der Waals surface area contributed by atoms with E-state index in [2.05, 4.69) is 9.88 Å². The van der Waals surface area contributed by atoms with Gasteiger partial charge in [0.15, 0.2) is 5.76 Å². The number of hydrogen-bond acceptors (Lipinski definition) is 6. The fourth-order valence-electron chi connectivity index (χ4n) is 5.30. The molecule has 1 aromatic heterocycles. The molecule has 0 unspecified atom stereocenters. The van der Waals surface area contributed by atoms with Crippen LogP contribution in [0, 0.1) is 0 Å². The largest absolute Gasteiger partial charge is 0.488 e. The lowest BCUT2D eigenvalue weighted by molar-refractivity contribution is 0.0137. The number of aromatic nitrogens is 1. The quantitative estimate of drug-likeness (QED) is 0.272. The molecule has 3 aromatic carbocycles. The van der Waals surface area contributed by atoms with Crippen molar-refractivity contribution in [2.45, 2.75) is 39.5 Å². The van der Waals surface area contributed by atoms with Crippen LogP contribution >= 0.6 is 0 Å². The van der Waals surface area contributed by atoms with Crippen molar-refractivity contribution in [3.8, 4) is 11.5 Å². The predicted octanol–water partition coefficient (Wildman–Crippen LogP) is 6.42. The predicted molar refractivity (Wildman–Crippen MR) is 162 cm³/mol. The van der Waals surface area contributed by atoms with E-state index in [4.69, 9.17) is 14.2 Å². The van der Waals surface area contributed by atoms with Gasteiger partial charge in [0.05, 0.1) is 11.1 Å². The average Bonchev–Trinajstić information content (AvgIpc) is 3.53. The summed E-state index contributed by atoms with van der Waals surface area (Å²) in [5, 5.41) is 1.02. The third-order valence-corrected chi connectivity index (χ3v) is 7.45. The van der Waals surface area contributed by atoms with Crippen LogP contribution in [-0.4, -0.2) is 58.4 Å². The van der Waals surface area contributed by atoms with E-state index < -0.39 is 5.60 Å². The molecule has 0 radical (unpaired) electrons. The minimum Gasteiger partial charge on any atom is -0.488 e. The molecule has 1 saturated heterocycles. The van der Waals surface area contributed by atoms with Crippen molar-refractivity contribution in [1.82, 2.24) is 14.8 Å². The van der Waals surface area contributed by atoms with Gasteiger partial charge < -0.3 is 24.1 Å². The number of nitrogens with one attached hydrogen (secondary N) is 1. The minimum absolute atomic E-state index is 0.152. The number of allylic oxidation sites excluding steroid dienone is 1. The van der Waals surface area contributed by atoms with Gasteiger partial charge in [0.2, 0.25) is 5.78 Å². The van der Waals surface area contributed by atoms with Gasteiger partial charge in [-0.25, -0.2) is 4.79 Å². The van der Waals surface area contributed by atoms with Gasteiger partial charge in [-0.15, -0.1) is 0 Å². The lowest BCUT2D eigenvalue weighted by atomic mass is 10.0. The number of benzene rings is 3. The number of fused-ring (bicyclic) bond motifs is 2. The Morgan fingerprint density at radius 2 is 1.71 bits per heavy atom. The maximum absolute atomic E-state index is 13.5. The van der Waals surface area contributed by atoms with Crippen LogP contribution in [0.4, 0.5) is 4.79 Å². The molecule has 8 heteroatoms. The maximum atomic E-state index is 13.5. The molecule has 0 bridgehead atoms. The summed E-state index contributed by atoms with van der Waals surface area (Å²) in [6, 6.07) is 21.6. The Morgan fingerprint density at radius 3 is 2.48 bits per heavy atom. The molecule has 2 aliphatic rings. The van der Waals surface area contributed by atoms with Gasteiger partial charge in [0.25, 0.3) is 0 Å². The number of hydrogen-bond donors (Lipinski definition) is 1. The van der Waals surface area contributed by atoms with Gasteiger partial charge in [0.1, 0.15) is 23.7 Å². The standard InChI is InChI=1S/C34H35N3O5/c1-34(2,3)42-33(39)37-17-15-36(16-18-37)21-27-29(40-22-23-9-5-4-6-10-23)14-13-26-31(38)30(41-32(26)27)19-24-20-35-28-12-8-7-11-25(24)28/h4-14,19-20,35H,15-18,21-22H2,1-3H3/b30-19-. The van der Waals surface area contributed by atoms with Crippen LogP contribution in [0.2, 0.25) is 0 Å². The van der Waals surface area contributed by atoms with E-state index in [9.17, 15) is 9.59 Å². The summed E-state index contributed by atoms with van der Waals surface area (Å²) >= 11 is 0. The average molecular weight is 566 g/mol. The maximum Gasteiger partial charge on any atom is 0.410 e. The highest BCUT2D eigenvalue weighted by Crippen LogP contribution is 2.41. The molecule has 8 nitrogen and oxygen atoms in total. The Labute approximate surface area is 245 Å². The summed E-state index contributed by atoms with van der Waals surface area (Å²) in [6.07, 6.45) is 3.39. The Balaban J connectivity index is 1.26. The van der Waals surface area contributed by atoms with E-state index in [-0.39, 0.29) is 17.6 Å². The van der Waals surface area contributed by atoms with Crippen molar-refractivity contribution in [1.29, 1.82) is 0 Å². The minimum atomic E-state index is -0.536. The van der Waals surface area contributed by atoms with Gasteiger partial charge in [-0.1, -0.05) is 48.5 Å². The molecule has 2 aliphatic heterocycles. The fraction of sp³-hybridized carbons (Fsp3) is 0.294. The van der Waals surface area contributed by atoms with E-state index >= 15 is 0 Å². The lowest BCUT2D eigenvalue weighted by Crippen LogP contribution is -2.49. The first-order valence-corrected chi connectivity index (χ1v) is 14.3. The molecule has 6 rings (SSSR count). The number of ether oxygens (including phenoxy) is 3. The molecule has 0 atom stereocenters. The van der Waals surface area contributed by atoms with Crippen LogP contribution in [-0.2, 0) is 17.9 Å². The number of carbonyl (C=O) groups is 2. The van der Waals surface area contributed by atoms with Gasteiger partial charge in [0, 0.05) is 55.4 Å². The Morgan fingerprint density at radius 1 is 0.976 bits per heavy atom. The van der Waals surface area contributed by atoms with Crippen molar-refractivity contribution < 1.29 is 23.8 Å². The van der Waals surface area contributed by atoms with E-state index in [1.165, 1.54) is 0 Å². The second-order valence-electron chi connectivity index (χ2n) is 11.7. The summed E-state index contributed by atoms with van der Waals surface area (Å²) in [5.74, 6) is 1.34. The molecule has 1 fully saturated rings. The number of ketones is 1. The highest BCUT2D eigenvalue weighted by atomic mass is 16.6. The highest BCUT2D eigenvalue weighted by molar-refractivity contribution is 6.15. The SMILES string of the molecule is CC(C)(C)OC(=O)N1CCN(Cc2c(OCc3ccccc3)ccc3c2O/C(=C\c2c[nH]c4ccccc24)C3=O)CC1. The number of H-pyrrole nitrogens is 1. The summed E-state index contributed by atoms with van der Waals surface area (Å²) in [5.41, 5.74) is 3.75. The third-order valence-electron chi connectivity index (χ3n) is 7.45. The summed E-state index contributed by atoms with van der Waals surface area (Å²) < 4.78 is 18.2. The smallest absolute Gasteiger partial charge is 0.410 e. The number of aromatic amines is 1. The van der Waals surface area contributed by atoms with Crippen molar-refractivity contribution in [2.24, 2.45) is 0 Å². The van der Waals surface area contributed by atoms with E-state index in [0.717, 1.165) is 27.6 Å². The zero-order valence-electron chi connectivity index (χ0n) is 24.2. The fourth-order valence-corrected chi connectivity index (χ4v) is 5.30. The number of carbonyl (C=O) groups excluding carboxylic acids is 2. The van der Waals surface area contributed by atoms with Crippen LogP contribution < -0.4 is 9.47 Å². The van der Waals surface area contributed by atoms with Gasteiger partial charge in [-0.05, 0) is 50.6 Å². The lowest BCUT2D eigenvalue weighted by Gasteiger charge is -2.35. The zero-order valence-corrected chi connectivity index (χ0v) is 24.2. The molecular weight excluding hydrogens is 530 g/mol. The number of piperazine rings is 1. The number of rotatable bonds is 6. The molecule has 216 valence electrons. The van der Waals surface area contributed by atoms with Gasteiger partial charge in [-0.3, -0.25) is 9.69 Å². The Kier molecular flexibility index (Phi) is 7.47. The van der Waals surface area contributed by atoms with E-state index in [0.29, 0.717) is 56.4 Å². The number of para-hydroxylation sites is 1. The van der Waals surface area contributed by atoms with Crippen molar-refractivity contribution in [2.75, 3.05) is 26.2 Å².